The fourth-order valence-corrected chi connectivity index (χ4v) is 6.65. The molecule has 0 spiro atoms. The lowest BCUT2D eigenvalue weighted by molar-refractivity contribution is -0.137. The predicted molar refractivity (Wildman–Crippen MR) is 118 cm³/mol. The first kappa shape index (κ1) is 21.6. The Morgan fingerprint density at radius 3 is 2.07 bits per heavy atom. The summed E-state index contributed by atoms with van der Waals surface area (Å²) < 4.78 is 29.5. The maximum atomic E-state index is 13.2. The van der Waals surface area contributed by atoms with E-state index in [1.165, 1.54) is 5.69 Å². The van der Waals surface area contributed by atoms with Gasteiger partial charge in [-0.15, -0.1) is 0 Å². The number of anilines is 1. The van der Waals surface area contributed by atoms with E-state index in [1.54, 1.807) is 8.61 Å². The van der Waals surface area contributed by atoms with Gasteiger partial charge < -0.3 is 9.80 Å². The molecule has 0 unspecified atom stereocenters. The molecule has 1 atom stereocenters. The Balaban J connectivity index is 1.34. The van der Waals surface area contributed by atoms with E-state index in [4.69, 9.17) is 0 Å². The summed E-state index contributed by atoms with van der Waals surface area (Å²) in [6, 6.07) is 10.3. The van der Waals surface area contributed by atoms with Crippen LogP contribution in [0, 0.1) is 5.92 Å². The van der Waals surface area contributed by atoms with Gasteiger partial charge in [0.15, 0.2) is 0 Å². The Labute approximate surface area is 180 Å². The number of piperazine rings is 1. The second-order valence-corrected chi connectivity index (χ2v) is 10.6. The number of amides is 1. The van der Waals surface area contributed by atoms with E-state index in [1.807, 2.05) is 23.1 Å². The SMILES string of the molecule is O=C([C@H]1CCCN(S(=O)(=O)N2CCCCCC2)C1)N1CCN(c2ccccc2)CC1. The van der Waals surface area contributed by atoms with E-state index in [9.17, 15) is 13.2 Å². The molecular formula is C22H34N4O3S. The highest BCUT2D eigenvalue weighted by atomic mass is 32.2. The predicted octanol–water partition coefficient (Wildman–Crippen LogP) is 2.17. The molecule has 3 fully saturated rings. The molecule has 0 saturated carbocycles. The second kappa shape index (κ2) is 9.66. The summed E-state index contributed by atoms with van der Waals surface area (Å²) in [5, 5.41) is 0. The van der Waals surface area contributed by atoms with Crippen LogP contribution < -0.4 is 4.90 Å². The van der Waals surface area contributed by atoms with Gasteiger partial charge in [0.25, 0.3) is 10.2 Å². The molecule has 3 saturated heterocycles. The highest BCUT2D eigenvalue weighted by Gasteiger charge is 2.37. The third kappa shape index (κ3) is 4.81. The van der Waals surface area contributed by atoms with Crippen molar-refractivity contribution in [1.29, 1.82) is 0 Å². The fourth-order valence-electron chi connectivity index (χ4n) is 4.87. The molecule has 3 aliphatic heterocycles. The number of piperidine rings is 1. The lowest BCUT2D eigenvalue weighted by atomic mass is 9.97. The van der Waals surface area contributed by atoms with Gasteiger partial charge in [0.1, 0.15) is 0 Å². The maximum absolute atomic E-state index is 13.2. The van der Waals surface area contributed by atoms with Crippen molar-refractivity contribution in [3.8, 4) is 0 Å². The molecule has 0 radical (unpaired) electrons. The van der Waals surface area contributed by atoms with Gasteiger partial charge in [0.2, 0.25) is 5.91 Å². The zero-order chi connectivity index (χ0) is 21.0. The minimum Gasteiger partial charge on any atom is -0.368 e. The van der Waals surface area contributed by atoms with E-state index in [-0.39, 0.29) is 11.8 Å². The Kier molecular flexibility index (Phi) is 6.95. The van der Waals surface area contributed by atoms with Crippen LogP contribution >= 0.6 is 0 Å². The van der Waals surface area contributed by atoms with Crippen molar-refractivity contribution in [1.82, 2.24) is 13.5 Å². The summed E-state index contributed by atoms with van der Waals surface area (Å²) in [5.74, 6) is -0.0951. The molecule has 1 aromatic rings. The summed E-state index contributed by atoms with van der Waals surface area (Å²) in [4.78, 5) is 17.4. The molecule has 7 nitrogen and oxygen atoms in total. The van der Waals surface area contributed by atoms with E-state index in [0.717, 1.165) is 51.6 Å². The summed E-state index contributed by atoms with van der Waals surface area (Å²) in [7, 11) is -3.46. The van der Waals surface area contributed by atoms with Crippen molar-refractivity contribution in [2.24, 2.45) is 5.92 Å². The second-order valence-electron chi connectivity index (χ2n) is 8.67. The number of hydrogen-bond donors (Lipinski definition) is 0. The lowest BCUT2D eigenvalue weighted by Gasteiger charge is -2.40. The van der Waals surface area contributed by atoms with Crippen LogP contribution in [0.25, 0.3) is 0 Å². The molecule has 0 bridgehead atoms. The van der Waals surface area contributed by atoms with Gasteiger partial charge in [-0.3, -0.25) is 4.79 Å². The Morgan fingerprint density at radius 2 is 1.40 bits per heavy atom. The molecule has 0 N–H and O–H groups in total. The number of carbonyl (C=O) groups is 1. The van der Waals surface area contributed by atoms with Crippen LogP contribution in [0.5, 0.6) is 0 Å². The van der Waals surface area contributed by atoms with Crippen LogP contribution in [0.3, 0.4) is 0 Å². The molecule has 166 valence electrons. The number of carbonyl (C=O) groups excluding carboxylic acids is 1. The van der Waals surface area contributed by atoms with E-state index in [2.05, 4.69) is 17.0 Å². The van der Waals surface area contributed by atoms with Crippen molar-refractivity contribution >= 4 is 21.8 Å². The zero-order valence-electron chi connectivity index (χ0n) is 17.8. The van der Waals surface area contributed by atoms with Crippen molar-refractivity contribution in [3.05, 3.63) is 30.3 Å². The molecule has 3 heterocycles. The van der Waals surface area contributed by atoms with Gasteiger partial charge in [0.05, 0.1) is 5.92 Å². The first-order valence-electron chi connectivity index (χ1n) is 11.4. The van der Waals surface area contributed by atoms with E-state index < -0.39 is 10.2 Å². The molecule has 30 heavy (non-hydrogen) atoms. The minimum atomic E-state index is -3.46. The standard InChI is InChI=1S/C22H34N4O3S/c27-22(24-17-15-23(16-18-24)21-10-4-3-5-11-21)20-9-8-14-26(19-20)30(28,29)25-12-6-1-2-7-13-25/h3-5,10-11,20H,1-2,6-9,12-19H2/t20-/m0/s1. The molecule has 0 aromatic heterocycles. The monoisotopic (exact) mass is 434 g/mol. The molecule has 0 aliphatic carbocycles. The van der Waals surface area contributed by atoms with Crippen LogP contribution in [0.4, 0.5) is 5.69 Å². The van der Waals surface area contributed by atoms with Crippen molar-refractivity contribution in [3.63, 3.8) is 0 Å². The van der Waals surface area contributed by atoms with Crippen LogP contribution in [-0.4, -0.2) is 80.2 Å². The number of nitrogens with zero attached hydrogens (tertiary/aromatic N) is 4. The van der Waals surface area contributed by atoms with Gasteiger partial charge in [-0.2, -0.15) is 17.0 Å². The highest BCUT2D eigenvalue weighted by molar-refractivity contribution is 7.86. The van der Waals surface area contributed by atoms with Crippen molar-refractivity contribution in [2.45, 2.75) is 38.5 Å². The summed E-state index contributed by atoms with van der Waals surface area (Å²) >= 11 is 0. The Bertz CT molecular complexity index is 801. The van der Waals surface area contributed by atoms with Crippen molar-refractivity contribution < 1.29 is 13.2 Å². The normalized spacial score (nSPS) is 25.1. The number of rotatable bonds is 4. The first-order chi connectivity index (χ1) is 14.6. The minimum absolute atomic E-state index is 0.124. The van der Waals surface area contributed by atoms with Gasteiger partial charge >= 0.3 is 0 Å². The molecule has 3 aliphatic rings. The number of para-hydroxylation sites is 1. The van der Waals surface area contributed by atoms with E-state index in [0.29, 0.717) is 39.3 Å². The third-order valence-electron chi connectivity index (χ3n) is 6.66. The Morgan fingerprint density at radius 1 is 0.767 bits per heavy atom. The van der Waals surface area contributed by atoms with Crippen LogP contribution in [0.15, 0.2) is 30.3 Å². The average Bonchev–Trinajstić information content (AvgIpc) is 3.10. The summed E-state index contributed by atoms with van der Waals surface area (Å²) in [6.07, 6.45) is 5.60. The maximum Gasteiger partial charge on any atom is 0.281 e. The van der Waals surface area contributed by atoms with Gasteiger partial charge in [0, 0.05) is 58.0 Å². The smallest absolute Gasteiger partial charge is 0.281 e. The largest absolute Gasteiger partial charge is 0.368 e. The van der Waals surface area contributed by atoms with Crippen LogP contribution in [-0.2, 0) is 15.0 Å². The molecule has 8 heteroatoms. The zero-order valence-corrected chi connectivity index (χ0v) is 18.6. The first-order valence-corrected chi connectivity index (χ1v) is 12.8. The van der Waals surface area contributed by atoms with Crippen LogP contribution in [0.1, 0.15) is 38.5 Å². The number of benzene rings is 1. The summed E-state index contributed by atoms with van der Waals surface area (Å²) in [6.45, 7) is 5.11. The topological polar surface area (TPSA) is 64.2 Å². The quantitative estimate of drug-likeness (QED) is 0.729. The van der Waals surface area contributed by atoms with Crippen molar-refractivity contribution in [2.75, 3.05) is 57.3 Å². The Hall–Kier alpha value is -1.64. The highest BCUT2D eigenvalue weighted by Crippen LogP contribution is 2.25. The third-order valence-corrected chi connectivity index (χ3v) is 8.67. The molecular weight excluding hydrogens is 400 g/mol. The molecule has 4 rings (SSSR count). The van der Waals surface area contributed by atoms with Gasteiger partial charge in [-0.1, -0.05) is 31.0 Å². The molecule has 1 aromatic carbocycles. The average molecular weight is 435 g/mol. The van der Waals surface area contributed by atoms with Gasteiger partial charge in [-0.05, 0) is 37.8 Å². The van der Waals surface area contributed by atoms with E-state index >= 15 is 0 Å². The number of hydrogen-bond acceptors (Lipinski definition) is 4. The molecule has 1 amide bonds. The van der Waals surface area contributed by atoms with Crippen LogP contribution in [0.2, 0.25) is 0 Å². The summed E-state index contributed by atoms with van der Waals surface area (Å²) in [5.41, 5.74) is 1.19. The fraction of sp³-hybridized carbons (Fsp3) is 0.682. The lowest BCUT2D eigenvalue weighted by Crippen LogP contribution is -2.54. The van der Waals surface area contributed by atoms with Gasteiger partial charge in [-0.25, -0.2) is 0 Å².